The first-order valence-corrected chi connectivity index (χ1v) is 11.6. The zero-order valence-electron chi connectivity index (χ0n) is 19.8. The minimum absolute atomic E-state index is 0.117. The van der Waals surface area contributed by atoms with E-state index >= 15 is 4.39 Å². The van der Waals surface area contributed by atoms with Crippen molar-refractivity contribution in [3.8, 4) is 5.88 Å². The lowest BCUT2D eigenvalue weighted by molar-refractivity contribution is -0.169. The van der Waals surface area contributed by atoms with Gasteiger partial charge >= 0.3 is 6.18 Å². The number of amides is 2. The van der Waals surface area contributed by atoms with Crippen molar-refractivity contribution in [1.29, 1.82) is 0 Å². The summed E-state index contributed by atoms with van der Waals surface area (Å²) in [4.78, 5) is 42.5. The van der Waals surface area contributed by atoms with Crippen LogP contribution >= 0.6 is 11.8 Å². The Labute approximate surface area is 212 Å². The molecular formula is C22H22F4N6O4S. The van der Waals surface area contributed by atoms with E-state index in [2.05, 4.69) is 25.0 Å². The van der Waals surface area contributed by atoms with Crippen LogP contribution in [0.25, 0.3) is 0 Å². The molecule has 1 aromatic heterocycles. The Bertz CT molecular complexity index is 1260. The Morgan fingerprint density at radius 1 is 1.30 bits per heavy atom. The summed E-state index contributed by atoms with van der Waals surface area (Å²) in [5.41, 5.74) is 4.96. The van der Waals surface area contributed by atoms with Crippen molar-refractivity contribution in [2.75, 3.05) is 26.1 Å². The lowest BCUT2D eigenvalue weighted by Gasteiger charge is -2.34. The molecule has 1 saturated carbocycles. The SMILES string of the molecule is CON(C)C(=O)[C@]12C[C@H]1[C@@](C)(c1cc(NC(=O)c3cnc(OCC(F)(F)F)cn3)ccc1F)N=C(N)S2. The topological polar surface area (TPSA) is 132 Å². The monoisotopic (exact) mass is 542 g/mol. The minimum atomic E-state index is -4.55. The molecular weight excluding hydrogens is 520 g/mol. The van der Waals surface area contributed by atoms with Crippen LogP contribution in [0.1, 0.15) is 29.4 Å². The molecule has 2 aliphatic rings. The molecule has 1 aliphatic carbocycles. The van der Waals surface area contributed by atoms with Gasteiger partial charge in [-0.25, -0.2) is 19.4 Å². The second kappa shape index (κ2) is 9.45. The summed E-state index contributed by atoms with van der Waals surface area (Å²) in [7, 11) is 2.83. The number of hydroxylamine groups is 2. The number of alkyl halides is 3. The Balaban J connectivity index is 1.55. The van der Waals surface area contributed by atoms with Crippen molar-refractivity contribution in [1.82, 2.24) is 15.0 Å². The molecule has 2 heterocycles. The second-order valence-electron chi connectivity index (χ2n) is 8.62. The number of nitrogens with two attached hydrogens (primary N) is 1. The summed E-state index contributed by atoms with van der Waals surface area (Å²) in [5.74, 6) is -2.46. The van der Waals surface area contributed by atoms with Crippen LogP contribution in [0.15, 0.2) is 35.6 Å². The maximum Gasteiger partial charge on any atom is 0.422 e. The number of carbonyl (C=O) groups excluding carboxylic acids is 2. The molecule has 37 heavy (non-hydrogen) atoms. The van der Waals surface area contributed by atoms with Gasteiger partial charge in [-0.3, -0.25) is 19.4 Å². The van der Waals surface area contributed by atoms with Crippen molar-refractivity contribution in [3.05, 3.63) is 47.7 Å². The molecule has 1 fully saturated rings. The highest BCUT2D eigenvalue weighted by molar-refractivity contribution is 8.15. The predicted molar refractivity (Wildman–Crippen MR) is 125 cm³/mol. The van der Waals surface area contributed by atoms with Gasteiger partial charge in [-0.05, 0) is 31.5 Å². The number of ether oxygens (including phenoxy) is 1. The second-order valence-corrected chi connectivity index (χ2v) is 9.97. The highest BCUT2D eigenvalue weighted by atomic mass is 32.2. The van der Waals surface area contributed by atoms with Crippen molar-refractivity contribution < 1.29 is 36.7 Å². The third-order valence-corrected chi connectivity index (χ3v) is 7.44. The molecule has 0 radical (unpaired) electrons. The van der Waals surface area contributed by atoms with Gasteiger partial charge in [-0.1, -0.05) is 11.8 Å². The number of hydrogen-bond donors (Lipinski definition) is 2. The Hall–Kier alpha value is -3.46. The van der Waals surface area contributed by atoms with Gasteiger partial charge in [0, 0.05) is 24.2 Å². The Morgan fingerprint density at radius 2 is 2.03 bits per heavy atom. The molecule has 2 aromatic rings. The van der Waals surface area contributed by atoms with E-state index in [9.17, 15) is 22.8 Å². The molecule has 198 valence electrons. The summed E-state index contributed by atoms with van der Waals surface area (Å²) in [5, 5.41) is 3.76. The van der Waals surface area contributed by atoms with Gasteiger partial charge in [0.25, 0.3) is 11.8 Å². The molecule has 3 atom stereocenters. The maximum atomic E-state index is 15.1. The van der Waals surface area contributed by atoms with Crippen LogP contribution in [0.5, 0.6) is 5.88 Å². The molecule has 4 rings (SSSR count). The first kappa shape index (κ1) is 26.6. The summed E-state index contributed by atoms with van der Waals surface area (Å²) >= 11 is 1.11. The number of aliphatic imine (C=N–C) groups is 1. The summed E-state index contributed by atoms with van der Waals surface area (Å²) in [6, 6.07) is 3.86. The standard InChI is InChI=1S/C22H22F4N6O4S/c1-20(15-7-21(15,37-19(27)31-20)18(34)32(2)35-3)12-6-11(4-5-13(12)23)30-17(33)14-8-29-16(9-28-14)36-10-22(24,25)26/h4-6,8-9,15H,7,10H2,1-3H3,(H2,27,31)(H,30,33)/t15-,20+,21-/m0/s1. The fourth-order valence-corrected chi connectivity index (χ4v) is 5.70. The fourth-order valence-electron chi connectivity index (χ4n) is 4.25. The molecule has 0 bridgehead atoms. The van der Waals surface area contributed by atoms with Crippen LogP contribution in [-0.4, -0.2) is 63.7 Å². The Morgan fingerprint density at radius 3 is 2.65 bits per heavy atom. The predicted octanol–water partition coefficient (Wildman–Crippen LogP) is 2.86. The number of rotatable bonds is 7. The van der Waals surface area contributed by atoms with E-state index in [0.717, 1.165) is 35.3 Å². The molecule has 0 unspecified atom stereocenters. The summed E-state index contributed by atoms with van der Waals surface area (Å²) in [6.45, 7) is 0.118. The van der Waals surface area contributed by atoms with Gasteiger partial charge in [0.2, 0.25) is 5.88 Å². The quantitative estimate of drug-likeness (QED) is 0.403. The van der Waals surface area contributed by atoms with Crippen molar-refractivity contribution in [3.63, 3.8) is 0 Å². The van der Waals surface area contributed by atoms with Crippen LogP contribution in [0.4, 0.5) is 23.2 Å². The molecule has 15 heteroatoms. The van der Waals surface area contributed by atoms with Crippen LogP contribution < -0.4 is 15.8 Å². The zero-order valence-corrected chi connectivity index (χ0v) is 20.6. The number of fused-ring (bicyclic) bond motifs is 1. The summed E-state index contributed by atoms with van der Waals surface area (Å²) in [6.07, 6.45) is -2.32. The van der Waals surface area contributed by atoms with E-state index < -0.39 is 46.6 Å². The van der Waals surface area contributed by atoms with Crippen molar-refractivity contribution >= 4 is 34.4 Å². The van der Waals surface area contributed by atoms with Crippen LogP contribution in [-0.2, 0) is 15.2 Å². The zero-order chi connectivity index (χ0) is 27.2. The number of hydrogen-bond acceptors (Lipinski definition) is 9. The fraction of sp³-hybridized carbons (Fsp3) is 0.409. The Kier molecular flexibility index (Phi) is 6.79. The number of anilines is 1. The number of benzene rings is 1. The van der Waals surface area contributed by atoms with E-state index in [1.165, 1.54) is 26.3 Å². The van der Waals surface area contributed by atoms with Gasteiger partial charge < -0.3 is 15.8 Å². The number of nitrogens with zero attached hydrogens (tertiary/aromatic N) is 4. The van der Waals surface area contributed by atoms with E-state index in [1.54, 1.807) is 6.92 Å². The molecule has 1 aromatic carbocycles. The molecule has 2 amide bonds. The number of halogens is 4. The van der Waals surface area contributed by atoms with Crippen molar-refractivity contribution in [2.24, 2.45) is 16.6 Å². The number of carbonyl (C=O) groups is 2. The third-order valence-electron chi connectivity index (χ3n) is 6.15. The number of aromatic nitrogens is 2. The number of thioether (sulfide) groups is 1. The largest absolute Gasteiger partial charge is 0.467 e. The highest BCUT2D eigenvalue weighted by Crippen LogP contribution is 2.66. The van der Waals surface area contributed by atoms with Crippen LogP contribution in [0.2, 0.25) is 0 Å². The van der Waals surface area contributed by atoms with Crippen molar-refractivity contribution in [2.45, 2.75) is 29.8 Å². The molecule has 1 aliphatic heterocycles. The number of nitrogens with one attached hydrogen (secondary N) is 1. The first-order chi connectivity index (χ1) is 17.3. The molecule has 0 spiro atoms. The van der Waals surface area contributed by atoms with Gasteiger partial charge in [-0.15, -0.1) is 0 Å². The van der Waals surface area contributed by atoms with E-state index in [-0.39, 0.29) is 28.0 Å². The average Bonchev–Trinajstić information content (AvgIpc) is 3.59. The first-order valence-electron chi connectivity index (χ1n) is 10.8. The normalized spacial score (nSPS) is 24.5. The lowest BCUT2D eigenvalue weighted by atomic mass is 9.85. The molecule has 10 nitrogen and oxygen atoms in total. The van der Waals surface area contributed by atoms with Gasteiger partial charge in [-0.2, -0.15) is 13.2 Å². The average molecular weight is 543 g/mol. The van der Waals surface area contributed by atoms with E-state index in [1.807, 2.05) is 0 Å². The maximum absolute atomic E-state index is 15.1. The van der Waals surface area contributed by atoms with E-state index in [0.29, 0.717) is 6.42 Å². The van der Waals surface area contributed by atoms with Crippen LogP contribution in [0.3, 0.4) is 0 Å². The smallest absolute Gasteiger partial charge is 0.422 e. The summed E-state index contributed by atoms with van der Waals surface area (Å²) < 4.78 is 55.4. The van der Waals surface area contributed by atoms with Gasteiger partial charge in [0.15, 0.2) is 11.8 Å². The molecule has 0 saturated heterocycles. The molecule has 3 N–H and O–H groups in total. The lowest BCUT2D eigenvalue weighted by Crippen LogP contribution is -2.44. The third kappa shape index (κ3) is 5.18. The minimum Gasteiger partial charge on any atom is -0.467 e. The van der Waals surface area contributed by atoms with Gasteiger partial charge in [0.1, 0.15) is 16.3 Å². The number of amidine groups is 1. The van der Waals surface area contributed by atoms with Gasteiger partial charge in [0.05, 0.1) is 25.0 Å². The van der Waals surface area contributed by atoms with Crippen LogP contribution in [0, 0.1) is 11.7 Å². The highest BCUT2D eigenvalue weighted by Gasteiger charge is 2.71. The van der Waals surface area contributed by atoms with E-state index in [4.69, 9.17) is 10.6 Å².